The summed E-state index contributed by atoms with van der Waals surface area (Å²) in [6, 6.07) is 0. The van der Waals surface area contributed by atoms with Crippen molar-refractivity contribution < 1.29 is 94.8 Å². The summed E-state index contributed by atoms with van der Waals surface area (Å²) in [6.07, 6.45) is 54.9. The van der Waals surface area contributed by atoms with Crippen molar-refractivity contribution in [3.8, 4) is 0 Å². The second-order valence-electron chi connectivity index (χ2n) is 30.7. The monoisotopic (exact) mass is 1600 g/mol. The molecule has 0 saturated carbocycles. The normalized spacial score (nSPS) is 14.6. The number of nitrogens with one attached hydrogen (secondary N) is 2. The number of hydrogen-bond donors (Lipinski definition) is 6. The molecule has 0 aromatic heterocycles. The molecule has 0 radical (unpaired) electrons. The van der Waals surface area contributed by atoms with Crippen molar-refractivity contribution in [3.05, 3.63) is 0 Å². The fourth-order valence-corrected chi connectivity index (χ4v) is 14.7. The van der Waals surface area contributed by atoms with E-state index in [9.17, 15) is 48.3 Å². The van der Waals surface area contributed by atoms with Gasteiger partial charge in [0.25, 0.3) is 0 Å². The van der Waals surface area contributed by atoms with Gasteiger partial charge >= 0.3 is 27.6 Å². The van der Waals surface area contributed by atoms with Crippen molar-refractivity contribution in [1.29, 1.82) is 0 Å². The number of carbonyl (C=O) groups is 4. The van der Waals surface area contributed by atoms with Crippen molar-refractivity contribution >= 4 is 39.4 Å². The Labute approximate surface area is 665 Å². The number of amides is 2. The maximum atomic E-state index is 13.2. The fourth-order valence-electron chi connectivity index (χ4n) is 13.2. The largest absolute Gasteiger partial charge is 0.472 e. The molecule has 0 aliphatic carbocycles. The van der Waals surface area contributed by atoms with E-state index in [1.165, 1.54) is 167 Å². The minimum atomic E-state index is -4.74. The molecule has 0 saturated heterocycles. The average Bonchev–Trinajstić information content (AvgIpc) is 0.927. The third-order valence-electron chi connectivity index (χ3n) is 19.9. The van der Waals surface area contributed by atoms with E-state index in [-0.39, 0.29) is 63.7 Å². The molecule has 109 heavy (non-hydrogen) atoms. The van der Waals surface area contributed by atoms with E-state index in [1.54, 1.807) is 0 Å². The summed E-state index contributed by atoms with van der Waals surface area (Å²) in [5.74, 6) is -1.88. The lowest BCUT2D eigenvalue weighted by Gasteiger charge is -2.23. The molecule has 0 aromatic rings. The minimum absolute atomic E-state index is 0.0948. The molecule has 4 unspecified atom stereocenters. The molecule has 0 aromatic carbocycles. The molecule has 22 nitrogen and oxygen atoms in total. The summed E-state index contributed by atoms with van der Waals surface area (Å²) < 4.78 is 83.3. The van der Waals surface area contributed by atoms with Crippen LogP contribution in [0, 0.1) is 0 Å². The highest BCUT2D eigenvalue weighted by atomic mass is 31.2. The number of phosphoric ester groups is 2. The van der Waals surface area contributed by atoms with Crippen LogP contribution in [0.5, 0.6) is 0 Å². The molecule has 8 atom stereocenters. The topological polar surface area (TPSA) is 300 Å². The van der Waals surface area contributed by atoms with Crippen LogP contribution in [0.3, 0.4) is 0 Å². The number of carbonyl (C=O) groups excluding carboxylic acids is 4. The van der Waals surface area contributed by atoms with Gasteiger partial charge in [0, 0.05) is 38.8 Å². The van der Waals surface area contributed by atoms with E-state index in [1.807, 2.05) is 0 Å². The van der Waals surface area contributed by atoms with Crippen molar-refractivity contribution in [3.63, 3.8) is 0 Å². The van der Waals surface area contributed by atoms with Crippen LogP contribution in [0.2, 0.25) is 0 Å². The van der Waals surface area contributed by atoms with E-state index >= 15 is 0 Å². The zero-order valence-electron chi connectivity index (χ0n) is 70.5. The third kappa shape index (κ3) is 76.9. The first-order chi connectivity index (χ1) is 52.9. The Balaban J connectivity index is 5.51. The molecule has 0 bridgehead atoms. The van der Waals surface area contributed by atoms with Crippen LogP contribution in [0.25, 0.3) is 0 Å². The smallest absolute Gasteiger partial charge is 0.462 e. The van der Waals surface area contributed by atoms with Gasteiger partial charge in [-0.25, -0.2) is 9.13 Å². The Kier molecular flexibility index (Phi) is 78.1. The number of rotatable bonds is 88. The Morgan fingerprint density at radius 1 is 0.294 bits per heavy atom. The van der Waals surface area contributed by atoms with Crippen molar-refractivity contribution in [2.75, 3.05) is 65.9 Å². The van der Waals surface area contributed by atoms with Gasteiger partial charge in [-0.15, -0.1) is 0 Å². The summed E-state index contributed by atoms with van der Waals surface area (Å²) in [5, 5.41) is 26.9. The average molecular weight is 1600 g/mol. The van der Waals surface area contributed by atoms with Gasteiger partial charge in [0.1, 0.15) is 30.8 Å². The highest BCUT2D eigenvalue weighted by molar-refractivity contribution is 7.47. The van der Waals surface area contributed by atoms with Crippen molar-refractivity contribution in [2.24, 2.45) is 0 Å². The number of unbranched alkanes of at least 4 members (excludes halogenated alkanes) is 44. The Hall–Kier alpha value is -2.14. The molecular formula is C85H168N2O20P2. The predicted molar refractivity (Wildman–Crippen MR) is 439 cm³/mol. The first-order valence-corrected chi connectivity index (χ1v) is 47.9. The molecule has 0 fully saturated rings. The van der Waals surface area contributed by atoms with Gasteiger partial charge in [0.05, 0.1) is 52.9 Å². The van der Waals surface area contributed by atoms with E-state index in [2.05, 4.69) is 52.2 Å². The van der Waals surface area contributed by atoms with Gasteiger partial charge < -0.3 is 59.1 Å². The van der Waals surface area contributed by atoms with Crippen LogP contribution in [-0.4, -0.2) is 147 Å². The predicted octanol–water partition coefficient (Wildman–Crippen LogP) is 21.9. The first kappa shape index (κ1) is 107. The Morgan fingerprint density at radius 2 is 0.541 bits per heavy atom. The zero-order valence-corrected chi connectivity index (χ0v) is 72.3. The molecule has 0 aliphatic rings. The van der Waals surface area contributed by atoms with Gasteiger partial charge in [0.2, 0.25) is 11.8 Å². The van der Waals surface area contributed by atoms with Crippen LogP contribution in [0.1, 0.15) is 420 Å². The summed E-state index contributed by atoms with van der Waals surface area (Å²) in [6.45, 7) is 11.1. The summed E-state index contributed by atoms with van der Waals surface area (Å²) in [5.41, 5.74) is 0. The first-order valence-electron chi connectivity index (χ1n) is 44.9. The standard InChI is InChI=1S/C85H168N2O20P2/c1-7-13-19-25-29-33-35-39-43-49-55-61-84(92)106-78(72-98-67-63-76(57-51-45-23-17-11-5)104-82(90)59-53-47-41-37-31-27-21-15-9-3)74-102-108(94,95)100-69-65-86-80(88)71-81(89)87-66-70-101-109(96,97)103-75-79(107-85(93)62-56-50-44-40-36-34-30-26-20-14-8-2)73-99-68-64-77(58-52-46-24-18-12-6)105-83(91)60-54-48-42-38-32-28-22-16-10-4/h76-79,84-85,92-93H,7-75H2,1-6H3,(H,86,88)(H,87,89)(H,94,95)(H,96,97)/t76-,77-,78-,79-,84?,85?/m0/s1. The van der Waals surface area contributed by atoms with Gasteiger partial charge in [0.15, 0.2) is 12.6 Å². The summed E-state index contributed by atoms with van der Waals surface area (Å²) in [7, 11) is -9.48. The lowest BCUT2D eigenvalue weighted by atomic mass is 10.1. The van der Waals surface area contributed by atoms with Gasteiger partial charge in [-0.2, -0.15) is 0 Å². The third-order valence-corrected chi connectivity index (χ3v) is 21.9. The molecule has 6 N–H and O–H groups in total. The number of esters is 2. The van der Waals surface area contributed by atoms with Crippen LogP contribution < -0.4 is 10.6 Å². The Morgan fingerprint density at radius 3 is 0.817 bits per heavy atom. The van der Waals surface area contributed by atoms with Gasteiger partial charge in [-0.3, -0.25) is 37.3 Å². The van der Waals surface area contributed by atoms with E-state index in [0.717, 1.165) is 154 Å². The fraction of sp³-hybridized carbons (Fsp3) is 0.953. The van der Waals surface area contributed by atoms with E-state index < -0.39 is 85.1 Å². The molecule has 648 valence electrons. The second kappa shape index (κ2) is 79.7. The SMILES string of the molecule is CCCCCCCCCCCCCC(O)O[C@@H](COCC[C@H](CCCCCCC)OC(=O)CCCCCCCCCCC)COP(=O)(O)OCCNC(=O)CC(=O)NCCOP(=O)(O)OC[C@H](COCC[C@H](CCCCCCC)OC(=O)CCCCCCCCCCC)OC(O)CCCCCCCCCCCCC. The van der Waals surface area contributed by atoms with E-state index in [4.69, 9.17) is 46.5 Å². The minimum Gasteiger partial charge on any atom is -0.462 e. The highest BCUT2D eigenvalue weighted by Gasteiger charge is 2.28. The van der Waals surface area contributed by atoms with Crippen molar-refractivity contribution in [1.82, 2.24) is 10.6 Å². The maximum absolute atomic E-state index is 13.2. The summed E-state index contributed by atoms with van der Waals surface area (Å²) >= 11 is 0. The van der Waals surface area contributed by atoms with Crippen LogP contribution in [0.4, 0.5) is 0 Å². The van der Waals surface area contributed by atoms with Crippen LogP contribution >= 0.6 is 15.6 Å². The Bertz CT molecular complexity index is 1980. The number of phosphoric acid groups is 2. The number of hydrogen-bond acceptors (Lipinski definition) is 18. The van der Waals surface area contributed by atoms with E-state index in [0.29, 0.717) is 51.4 Å². The van der Waals surface area contributed by atoms with Crippen molar-refractivity contribution in [2.45, 2.75) is 457 Å². The molecule has 0 rings (SSSR count). The lowest BCUT2D eigenvalue weighted by molar-refractivity contribution is -0.166. The van der Waals surface area contributed by atoms with Crippen LogP contribution in [-0.2, 0) is 74.8 Å². The second-order valence-corrected chi connectivity index (χ2v) is 33.6. The van der Waals surface area contributed by atoms with Gasteiger partial charge in [-0.05, 0) is 64.2 Å². The maximum Gasteiger partial charge on any atom is 0.472 e. The lowest BCUT2D eigenvalue weighted by Crippen LogP contribution is -2.34. The van der Waals surface area contributed by atoms with Gasteiger partial charge in [-0.1, -0.05) is 324 Å². The molecule has 0 spiro atoms. The highest BCUT2D eigenvalue weighted by Crippen LogP contribution is 2.44. The molecule has 0 aliphatic heterocycles. The summed E-state index contributed by atoms with van der Waals surface area (Å²) in [4.78, 5) is 73.0. The number of ether oxygens (including phenoxy) is 6. The quantitative estimate of drug-likeness (QED) is 0.0108. The van der Waals surface area contributed by atoms with Crippen LogP contribution in [0.15, 0.2) is 0 Å². The molecule has 0 heterocycles. The molecule has 24 heteroatoms. The molecular weight excluding hydrogens is 1430 g/mol. The zero-order chi connectivity index (χ0) is 80.0. The number of aliphatic hydroxyl groups excluding tert-OH is 2. The number of aliphatic hydroxyl groups is 2. The molecule has 2 amide bonds.